The van der Waals surface area contributed by atoms with Crippen molar-refractivity contribution in [3.8, 4) is 0 Å². The molecule has 2 nitrogen and oxygen atoms in total. The van der Waals surface area contributed by atoms with Gasteiger partial charge in [-0.15, -0.1) is 0 Å². The van der Waals surface area contributed by atoms with Crippen LogP contribution >= 0.6 is 11.3 Å². The third kappa shape index (κ3) is 2.96. The molecule has 0 unspecified atom stereocenters. The molecular formula is C15H20N2S. The first kappa shape index (κ1) is 13.2. The Morgan fingerprint density at radius 2 is 1.72 bits per heavy atom. The second-order valence-corrected chi connectivity index (χ2v) is 6.91. The summed E-state index contributed by atoms with van der Waals surface area (Å²) in [5.41, 5.74) is 0.0849. The summed E-state index contributed by atoms with van der Waals surface area (Å²) < 4.78 is 1.22. The quantitative estimate of drug-likeness (QED) is 0.563. The maximum absolute atomic E-state index is 4.60. The highest BCUT2D eigenvalue weighted by molar-refractivity contribution is 7.13. The van der Waals surface area contributed by atoms with Gasteiger partial charge in [0, 0.05) is 17.0 Å². The van der Waals surface area contributed by atoms with Crippen molar-refractivity contribution in [1.82, 2.24) is 4.98 Å². The topological polar surface area (TPSA) is 25.2 Å². The van der Waals surface area contributed by atoms with Gasteiger partial charge >= 0.3 is 0 Å². The lowest BCUT2D eigenvalue weighted by Crippen LogP contribution is -2.28. The van der Waals surface area contributed by atoms with Gasteiger partial charge < -0.3 is 0 Å². The predicted molar refractivity (Wildman–Crippen MR) is 80.8 cm³/mol. The molecular weight excluding hydrogens is 240 g/mol. The van der Waals surface area contributed by atoms with E-state index >= 15 is 0 Å². The van der Waals surface area contributed by atoms with Gasteiger partial charge in [0.15, 0.2) is 0 Å². The van der Waals surface area contributed by atoms with Crippen LogP contribution in [0.2, 0.25) is 0 Å². The molecule has 1 aliphatic carbocycles. The van der Waals surface area contributed by atoms with E-state index in [0.29, 0.717) is 0 Å². The molecule has 0 saturated carbocycles. The van der Waals surface area contributed by atoms with Crippen LogP contribution in [0.15, 0.2) is 17.1 Å². The van der Waals surface area contributed by atoms with Gasteiger partial charge in [0.1, 0.15) is 0 Å². The Bertz CT molecular complexity index is 568. The molecule has 1 aliphatic rings. The standard InChI is InChI=1S/C15H20N2S/c1-6-16-13-17-11-9-14(2,3)7-8-15(4,5)10-12(11)18-13/h6-10H,1-5H3. The van der Waals surface area contributed by atoms with E-state index in [0.717, 1.165) is 10.5 Å². The minimum atomic E-state index is 0.0293. The molecule has 0 spiro atoms. The minimum Gasteiger partial charge on any atom is -0.232 e. The summed E-state index contributed by atoms with van der Waals surface area (Å²) in [6.07, 6.45) is 10.8. The summed E-state index contributed by atoms with van der Waals surface area (Å²) in [7, 11) is 0. The number of rotatable bonds is 1. The molecule has 0 bridgehead atoms. The molecule has 2 rings (SSSR count). The van der Waals surface area contributed by atoms with E-state index < -0.39 is 0 Å². The van der Waals surface area contributed by atoms with Gasteiger partial charge in [0.2, 0.25) is 5.13 Å². The molecule has 1 aromatic heterocycles. The highest BCUT2D eigenvalue weighted by atomic mass is 32.1. The second-order valence-electron chi connectivity index (χ2n) is 5.90. The molecule has 0 aromatic carbocycles. The van der Waals surface area contributed by atoms with Crippen molar-refractivity contribution >= 4 is 34.8 Å². The van der Waals surface area contributed by atoms with Gasteiger partial charge in [-0.05, 0) is 13.0 Å². The zero-order valence-electron chi connectivity index (χ0n) is 11.7. The van der Waals surface area contributed by atoms with Crippen LogP contribution in [-0.4, -0.2) is 11.2 Å². The molecule has 0 radical (unpaired) electrons. The Kier molecular flexibility index (Phi) is 3.28. The average Bonchev–Trinajstić information content (AvgIpc) is 2.56. The summed E-state index contributed by atoms with van der Waals surface area (Å²) in [6, 6.07) is 0. The van der Waals surface area contributed by atoms with Gasteiger partial charge in [-0.2, -0.15) is 0 Å². The number of hydrogen-bond donors (Lipinski definition) is 0. The van der Waals surface area contributed by atoms with Crippen molar-refractivity contribution in [3.63, 3.8) is 0 Å². The van der Waals surface area contributed by atoms with Crippen molar-refractivity contribution in [2.24, 2.45) is 15.8 Å². The lowest BCUT2D eigenvalue weighted by atomic mass is 9.84. The van der Waals surface area contributed by atoms with Crippen molar-refractivity contribution in [2.75, 3.05) is 0 Å². The molecule has 0 saturated heterocycles. The number of nitrogens with zero attached hydrogens (tertiary/aromatic N) is 2. The Balaban J connectivity index is 2.74. The molecule has 96 valence electrons. The van der Waals surface area contributed by atoms with E-state index in [4.69, 9.17) is 0 Å². The minimum absolute atomic E-state index is 0.0293. The van der Waals surface area contributed by atoms with E-state index in [9.17, 15) is 0 Å². The monoisotopic (exact) mass is 260 g/mol. The fourth-order valence-corrected chi connectivity index (χ4v) is 2.99. The molecule has 0 aliphatic heterocycles. The Morgan fingerprint density at radius 1 is 1.11 bits per heavy atom. The first-order valence-corrected chi connectivity index (χ1v) is 7.05. The first-order valence-electron chi connectivity index (χ1n) is 6.23. The highest BCUT2D eigenvalue weighted by Crippen LogP contribution is 2.27. The maximum atomic E-state index is 4.60. The third-order valence-corrected chi connectivity index (χ3v) is 3.79. The van der Waals surface area contributed by atoms with Crippen molar-refractivity contribution in [2.45, 2.75) is 34.6 Å². The van der Waals surface area contributed by atoms with Crippen LogP contribution in [0.25, 0.3) is 12.2 Å². The molecule has 3 heteroatoms. The molecule has 0 N–H and O–H groups in total. The number of aromatic nitrogens is 1. The van der Waals surface area contributed by atoms with Gasteiger partial charge in [0.25, 0.3) is 0 Å². The van der Waals surface area contributed by atoms with Crippen LogP contribution in [-0.2, 0) is 0 Å². The van der Waals surface area contributed by atoms with Gasteiger partial charge in [-0.1, -0.05) is 57.3 Å². The average molecular weight is 260 g/mol. The van der Waals surface area contributed by atoms with Gasteiger partial charge in [0.05, 0.1) is 9.88 Å². The number of fused-ring (bicyclic) bond motifs is 1. The zero-order chi connectivity index (χ0) is 13.4. The zero-order valence-corrected chi connectivity index (χ0v) is 12.5. The van der Waals surface area contributed by atoms with Crippen molar-refractivity contribution in [3.05, 3.63) is 22.0 Å². The van der Waals surface area contributed by atoms with Crippen LogP contribution in [0.5, 0.6) is 0 Å². The van der Waals surface area contributed by atoms with E-state index in [2.05, 4.69) is 62.0 Å². The maximum Gasteiger partial charge on any atom is 0.209 e. The fourth-order valence-electron chi connectivity index (χ4n) is 1.92. The molecule has 0 atom stereocenters. The van der Waals surface area contributed by atoms with Crippen LogP contribution in [0, 0.1) is 10.8 Å². The number of allylic oxidation sites excluding steroid dienone is 2. The van der Waals surface area contributed by atoms with Crippen LogP contribution < -0.4 is 9.88 Å². The Hall–Kier alpha value is -1.22. The number of hydrogen-bond acceptors (Lipinski definition) is 3. The predicted octanol–water partition coefficient (Wildman–Crippen LogP) is 3.05. The van der Waals surface area contributed by atoms with E-state index in [-0.39, 0.29) is 10.8 Å². The van der Waals surface area contributed by atoms with Crippen LogP contribution in [0.3, 0.4) is 0 Å². The summed E-state index contributed by atoms with van der Waals surface area (Å²) in [4.78, 5) is 8.89. The number of thiazole rings is 1. The largest absolute Gasteiger partial charge is 0.232 e. The van der Waals surface area contributed by atoms with E-state index in [1.807, 2.05) is 6.92 Å². The van der Waals surface area contributed by atoms with Crippen molar-refractivity contribution < 1.29 is 0 Å². The van der Waals surface area contributed by atoms with Crippen LogP contribution in [0.4, 0.5) is 5.13 Å². The second kappa shape index (κ2) is 4.47. The summed E-state index contributed by atoms with van der Waals surface area (Å²) in [5.74, 6) is 0. The molecule has 1 aromatic rings. The normalized spacial score (nSPS) is 20.7. The van der Waals surface area contributed by atoms with Crippen molar-refractivity contribution in [1.29, 1.82) is 0 Å². The molecule has 1 heterocycles. The third-order valence-electron chi connectivity index (χ3n) is 2.86. The van der Waals surface area contributed by atoms with Crippen LogP contribution in [0.1, 0.15) is 34.6 Å². The van der Waals surface area contributed by atoms with E-state index in [1.165, 1.54) is 4.53 Å². The first-order chi connectivity index (χ1) is 8.31. The van der Waals surface area contributed by atoms with Gasteiger partial charge in [-0.25, -0.2) is 9.98 Å². The van der Waals surface area contributed by atoms with Gasteiger partial charge in [-0.3, -0.25) is 0 Å². The molecule has 0 amide bonds. The SMILES string of the molecule is CC=Nc1nc2c(s1)=CC(C)(C)C=CC(C)(C)C=2. The molecule has 18 heavy (non-hydrogen) atoms. The fraction of sp³-hybridized carbons (Fsp3) is 0.467. The Labute approximate surface area is 112 Å². The lowest BCUT2D eigenvalue weighted by molar-refractivity contribution is 0.617. The lowest BCUT2D eigenvalue weighted by Gasteiger charge is -2.21. The van der Waals surface area contributed by atoms with E-state index in [1.54, 1.807) is 17.6 Å². The summed E-state index contributed by atoms with van der Waals surface area (Å²) in [5, 5.41) is 1.89. The smallest absolute Gasteiger partial charge is 0.209 e. The Morgan fingerprint density at radius 3 is 2.33 bits per heavy atom. The summed E-state index contributed by atoms with van der Waals surface area (Å²) >= 11 is 1.66. The number of aliphatic imine (C=N–C) groups is 1. The highest BCUT2D eigenvalue weighted by Gasteiger charge is 2.18. The summed E-state index contributed by atoms with van der Waals surface area (Å²) in [6.45, 7) is 10.8. The molecule has 0 fully saturated rings.